The van der Waals surface area contributed by atoms with Gasteiger partial charge in [-0.05, 0) is 23.7 Å². The fourth-order valence-corrected chi connectivity index (χ4v) is 3.84. The third-order valence-electron chi connectivity index (χ3n) is 4.34. The van der Waals surface area contributed by atoms with Crippen LogP contribution in [0.5, 0.6) is 0 Å². The number of piperidine rings is 1. The van der Waals surface area contributed by atoms with Gasteiger partial charge in [-0.2, -0.15) is 9.38 Å². The molecule has 3 rings (SSSR count). The van der Waals surface area contributed by atoms with Gasteiger partial charge in [-0.15, -0.1) is 0 Å². The summed E-state index contributed by atoms with van der Waals surface area (Å²) in [5.41, 5.74) is 5.90. The van der Waals surface area contributed by atoms with Crippen LogP contribution in [-0.2, 0) is 0 Å². The second-order valence-electron chi connectivity index (χ2n) is 5.45. The summed E-state index contributed by atoms with van der Waals surface area (Å²) in [5, 5.41) is 13.3. The number of hydrogen-bond donors (Lipinski definition) is 1. The summed E-state index contributed by atoms with van der Waals surface area (Å²) < 4.78 is 1.56. The average Bonchev–Trinajstić information content (AvgIpc) is 3.06. The lowest BCUT2D eigenvalue weighted by atomic mass is 9.89. The highest BCUT2D eigenvalue weighted by atomic mass is 32.1. The Morgan fingerprint density at radius 2 is 2.43 bits per heavy atom. The van der Waals surface area contributed by atoms with E-state index in [-0.39, 0.29) is 16.8 Å². The Kier molecular flexibility index (Phi) is 3.81. The number of hydrogen-bond acceptors (Lipinski definition) is 6. The maximum Gasteiger partial charge on any atom is 0.373 e. The summed E-state index contributed by atoms with van der Waals surface area (Å²) in [6, 6.07) is 0.131. The van der Waals surface area contributed by atoms with Crippen molar-refractivity contribution in [2.75, 3.05) is 18.0 Å². The third-order valence-corrected chi connectivity index (χ3v) is 5.09. The molecule has 8 heteroatoms. The van der Waals surface area contributed by atoms with Gasteiger partial charge in [-0.1, -0.05) is 24.7 Å². The van der Waals surface area contributed by atoms with Crippen molar-refractivity contribution in [3.63, 3.8) is 0 Å². The normalized spacial score (nSPS) is 22.9. The molecule has 0 radical (unpaired) electrons. The van der Waals surface area contributed by atoms with Crippen LogP contribution in [0.3, 0.4) is 0 Å². The standard InChI is InChI=1S/C13H19N5O2S/c1-2-9-3-4-16(10(7-9)8-14)11-12(18(19)20)17-5-6-21-13(17)15-11/h5-6,9-10H,2-4,7-8,14H2,1H3. The highest BCUT2D eigenvalue weighted by Crippen LogP contribution is 2.36. The summed E-state index contributed by atoms with van der Waals surface area (Å²) >= 11 is 1.41. The Morgan fingerprint density at radius 1 is 1.62 bits per heavy atom. The molecule has 0 aliphatic carbocycles. The maximum atomic E-state index is 11.4. The molecule has 114 valence electrons. The molecule has 7 nitrogen and oxygen atoms in total. The fraction of sp³-hybridized carbons (Fsp3) is 0.615. The first-order chi connectivity index (χ1) is 10.2. The molecule has 0 bridgehead atoms. The van der Waals surface area contributed by atoms with Crippen LogP contribution >= 0.6 is 11.3 Å². The van der Waals surface area contributed by atoms with Gasteiger partial charge in [0, 0.05) is 24.5 Å². The lowest BCUT2D eigenvalue weighted by Crippen LogP contribution is -2.47. The van der Waals surface area contributed by atoms with Gasteiger partial charge < -0.3 is 20.7 Å². The number of imidazole rings is 1. The van der Waals surface area contributed by atoms with Gasteiger partial charge in [0.15, 0.2) is 0 Å². The van der Waals surface area contributed by atoms with Crippen LogP contribution in [0, 0.1) is 16.0 Å². The van der Waals surface area contributed by atoms with Crippen LogP contribution in [-0.4, -0.2) is 33.4 Å². The minimum absolute atomic E-state index is 0.0552. The highest BCUT2D eigenvalue weighted by Gasteiger charge is 2.34. The van der Waals surface area contributed by atoms with Crippen LogP contribution in [0.1, 0.15) is 26.2 Å². The molecule has 0 amide bonds. The molecule has 1 saturated heterocycles. The second-order valence-corrected chi connectivity index (χ2v) is 6.33. The predicted octanol–water partition coefficient (Wildman–Crippen LogP) is 2.26. The summed E-state index contributed by atoms with van der Waals surface area (Å²) in [6.45, 7) is 3.47. The number of anilines is 1. The van der Waals surface area contributed by atoms with Gasteiger partial charge in [0.2, 0.25) is 5.82 Å². The van der Waals surface area contributed by atoms with Crippen molar-refractivity contribution in [3.8, 4) is 0 Å². The number of nitrogens with zero attached hydrogens (tertiary/aromatic N) is 4. The molecule has 2 aromatic rings. The topological polar surface area (TPSA) is 89.7 Å². The van der Waals surface area contributed by atoms with E-state index in [4.69, 9.17) is 5.73 Å². The number of fused-ring (bicyclic) bond motifs is 1. The molecule has 0 spiro atoms. The van der Waals surface area contributed by atoms with E-state index in [1.165, 1.54) is 11.3 Å². The van der Waals surface area contributed by atoms with E-state index in [1.54, 1.807) is 10.6 Å². The predicted molar refractivity (Wildman–Crippen MR) is 82.9 cm³/mol. The average molecular weight is 309 g/mol. The molecule has 21 heavy (non-hydrogen) atoms. The molecule has 3 heterocycles. The van der Waals surface area contributed by atoms with Crippen LogP contribution < -0.4 is 10.6 Å². The number of aromatic nitrogens is 2. The van der Waals surface area contributed by atoms with E-state index in [1.807, 2.05) is 10.3 Å². The van der Waals surface area contributed by atoms with E-state index in [2.05, 4.69) is 11.9 Å². The van der Waals surface area contributed by atoms with Crippen LogP contribution in [0.25, 0.3) is 4.96 Å². The van der Waals surface area contributed by atoms with E-state index >= 15 is 0 Å². The van der Waals surface area contributed by atoms with Crippen molar-refractivity contribution in [2.24, 2.45) is 11.7 Å². The Labute approximate surface area is 126 Å². The van der Waals surface area contributed by atoms with Crippen LogP contribution in [0.15, 0.2) is 11.6 Å². The van der Waals surface area contributed by atoms with E-state index in [0.717, 1.165) is 25.8 Å². The van der Waals surface area contributed by atoms with Gasteiger partial charge in [0.1, 0.15) is 6.20 Å². The smallest absolute Gasteiger partial charge is 0.358 e. The zero-order valence-electron chi connectivity index (χ0n) is 11.9. The zero-order valence-corrected chi connectivity index (χ0v) is 12.8. The molecular formula is C13H19N5O2S. The van der Waals surface area contributed by atoms with Gasteiger partial charge in [-0.3, -0.25) is 0 Å². The molecule has 2 aromatic heterocycles. The molecule has 2 atom stereocenters. The van der Waals surface area contributed by atoms with Gasteiger partial charge in [0.05, 0.1) is 0 Å². The zero-order chi connectivity index (χ0) is 15.0. The van der Waals surface area contributed by atoms with Crippen LogP contribution in [0.4, 0.5) is 11.6 Å². The molecule has 1 aliphatic heterocycles. The fourth-order valence-electron chi connectivity index (χ4n) is 3.13. The van der Waals surface area contributed by atoms with Crippen molar-refractivity contribution in [2.45, 2.75) is 32.2 Å². The third kappa shape index (κ3) is 2.38. The van der Waals surface area contributed by atoms with Gasteiger partial charge in [0.25, 0.3) is 4.96 Å². The summed E-state index contributed by atoms with van der Waals surface area (Å²) in [4.78, 5) is 18.3. The summed E-state index contributed by atoms with van der Waals surface area (Å²) in [7, 11) is 0. The van der Waals surface area contributed by atoms with Crippen molar-refractivity contribution < 1.29 is 4.92 Å². The largest absolute Gasteiger partial charge is 0.373 e. The molecule has 0 saturated carbocycles. The van der Waals surface area contributed by atoms with Crippen LogP contribution in [0.2, 0.25) is 0 Å². The summed E-state index contributed by atoms with van der Waals surface area (Å²) in [6.07, 6.45) is 4.85. The monoisotopic (exact) mass is 309 g/mol. The first-order valence-corrected chi connectivity index (χ1v) is 8.10. The molecule has 2 unspecified atom stereocenters. The highest BCUT2D eigenvalue weighted by molar-refractivity contribution is 7.15. The maximum absolute atomic E-state index is 11.4. The number of thiazole rings is 1. The quantitative estimate of drug-likeness (QED) is 0.691. The SMILES string of the molecule is CCC1CCN(c2nc3sccn3c2[N+](=O)[O-])C(CN)C1. The lowest BCUT2D eigenvalue weighted by Gasteiger charge is -2.38. The number of nitro groups is 1. The molecule has 2 N–H and O–H groups in total. The van der Waals surface area contributed by atoms with E-state index in [9.17, 15) is 10.1 Å². The minimum atomic E-state index is -0.346. The molecular weight excluding hydrogens is 290 g/mol. The van der Waals surface area contributed by atoms with E-state index in [0.29, 0.717) is 23.2 Å². The van der Waals surface area contributed by atoms with Crippen molar-refractivity contribution in [3.05, 3.63) is 21.7 Å². The second kappa shape index (κ2) is 5.61. The Morgan fingerprint density at radius 3 is 3.10 bits per heavy atom. The first kappa shape index (κ1) is 14.3. The van der Waals surface area contributed by atoms with Gasteiger partial charge in [-0.25, -0.2) is 0 Å². The van der Waals surface area contributed by atoms with Crippen molar-refractivity contribution >= 4 is 27.9 Å². The Balaban J connectivity index is 2.01. The first-order valence-electron chi connectivity index (χ1n) is 7.22. The number of nitrogens with two attached hydrogens (primary N) is 1. The van der Waals surface area contributed by atoms with Crippen molar-refractivity contribution in [1.82, 2.24) is 9.38 Å². The summed E-state index contributed by atoms with van der Waals surface area (Å²) in [5.74, 6) is 1.18. The van der Waals surface area contributed by atoms with Crippen molar-refractivity contribution in [1.29, 1.82) is 0 Å². The van der Waals surface area contributed by atoms with E-state index < -0.39 is 0 Å². The Bertz CT molecular complexity index is 652. The molecule has 1 fully saturated rings. The number of rotatable bonds is 4. The Hall–Kier alpha value is -1.67. The minimum Gasteiger partial charge on any atom is -0.358 e. The van der Waals surface area contributed by atoms with Gasteiger partial charge >= 0.3 is 5.82 Å². The molecule has 0 aromatic carbocycles. The lowest BCUT2D eigenvalue weighted by molar-refractivity contribution is -0.389. The molecule has 1 aliphatic rings.